The first-order valence-electron chi connectivity index (χ1n) is 8.35. The van der Waals surface area contributed by atoms with Crippen LogP contribution in [0.2, 0.25) is 0 Å². The van der Waals surface area contributed by atoms with Crippen LogP contribution in [0.25, 0.3) is 11.0 Å². The summed E-state index contributed by atoms with van der Waals surface area (Å²) < 4.78 is 9.80. The van der Waals surface area contributed by atoms with Crippen LogP contribution in [0.4, 0.5) is 10.5 Å². The van der Waals surface area contributed by atoms with Crippen molar-refractivity contribution in [2.75, 3.05) is 12.4 Å². The fourth-order valence-electron chi connectivity index (χ4n) is 2.26. The van der Waals surface area contributed by atoms with Gasteiger partial charge in [0, 0.05) is 12.1 Å². The number of methoxy groups -OCH3 is 1. The molecule has 1 heterocycles. The Morgan fingerprint density at radius 3 is 2.56 bits per heavy atom. The molecule has 0 bridgehead atoms. The zero-order chi connectivity index (χ0) is 20.0. The number of carbonyl (C=O) groups is 3. The standard InChI is InChI=1S/C17H23N5O5/c1-17(2,3)27-16(25)19-12(15(24)26-4)7-8-14(23)18-10-5-6-11-13(9-10)21-22-20-11/h5-6,9,12H,7-8H2,1-4H3,(H,18,23)(H,19,25)(H,20,21,22)/t12-/m0/s1. The van der Waals surface area contributed by atoms with Crippen molar-refractivity contribution in [1.82, 2.24) is 20.7 Å². The van der Waals surface area contributed by atoms with Gasteiger partial charge in [0.25, 0.3) is 0 Å². The molecular formula is C17H23N5O5. The van der Waals surface area contributed by atoms with Crippen molar-refractivity contribution in [2.45, 2.75) is 45.3 Å². The highest BCUT2D eigenvalue weighted by atomic mass is 16.6. The first kappa shape index (κ1) is 20.1. The molecular weight excluding hydrogens is 354 g/mol. The Morgan fingerprint density at radius 2 is 1.89 bits per heavy atom. The van der Waals surface area contributed by atoms with Crippen LogP contribution in [0.5, 0.6) is 0 Å². The third kappa shape index (κ3) is 6.24. The molecule has 2 aromatic rings. The lowest BCUT2D eigenvalue weighted by molar-refractivity contribution is -0.143. The third-order valence-corrected chi connectivity index (χ3v) is 3.44. The lowest BCUT2D eigenvalue weighted by Gasteiger charge is -2.22. The maximum Gasteiger partial charge on any atom is 0.408 e. The molecule has 0 aliphatic heterocycles. The molecule has 0 radical (unpaired) electrons. The van der Waals surface area contributed by atoms with Gasteiger partial charge in [0.05, 0.1) is 7.11 Å². The van der Waals surface area contributed by atoms with Crippen LogP contribution in [0.1, 0.15) is 33.6 Å². The number of aromatic amines is 1. The number of benzene rings is 1. The predicted octanol–water partition coefficient (Wildman–Crippen LogP) is 1.74. The molecule has 2 rings (SSSR count). The van der Waals surface area contributed by atoms with E-state index in [2.05, 4.69) is 30.8 Å². The van der Waals surface area contributed by atoms with E-state index in [-0.39, 0.29) is 18.7 Å². The fourth-order valence-corrected chi connectivity index (χ4v) is 2.26. The Labute approximate surface area is 156 Å². The molecule has 1 atom stereocenters. The number of rotatable bonds is 6. The van der Waals surface area contributed by atoms with Gasteiger partial charge in [-0.05, 0) is 45.4 Å². The molecule has 1 aromatic carbocycles. The molecule has 0 saturated heterocycles. The minimum Gasteiger partial charge on any atom is -0.467 e. The lowest BCUT2D eigenvalue weighted by Crippen LogP contribution is -2.44. The number of fused-ring (bicyclic) bond motifs is 1. The van der Waals surface area contributed by atoms with E-state index < -0.39 is 23.7 Å². The number of alkyl carbamates (subject to hydrolysis) is 1. The van der Waals surface area contributed by atoms with Crippen LogP contribution < -0.4 is 10.6 Å². The van der Waals surface area contributed by atoms with E-state index >= 15 is 0 Å². The zero-order valence-corrected chi connectivity index (χ0v) is 15.7. The van der Waals surface area contributed by atoms with Crippen molar-refractivity contribution in [3.05, 3.63) is 18.2 Å². The molecule has 146 valence electrons. The van der Waals surface area contributed by atoms with Crippen molar-refractivity contribution >= 4 is 34.7 Å². The van der Waals surface area contributed by atoms with Gasteiger partial charge in [-0.2, -0.15) is 15.4 Å². The summed E-state index contributed by atoms with van der Waals surface area (Å²) in [4.78, 5) is 35.9. The molecule has 27 heavy (non-hydrogen) atoms. The highest BCUT2D eigenvalue weighted by Gasteiger charge is 2.25. The highest BCUT2D eigenvalue weighted by Crippen LogP contribution is 2.15. The van der Waals surface area contributed by atoms with Crippen LogP contribution in [0.15, 0.2) is 18.2 Å². The number of nitrogens with zero attached hydrogens (tertiary/aromatic N) is 2. The molecule has 0 saturated carbocycles. The van der Waals surface area contributed by atoms with Gasteiger partial charge in [0.1, 0.15) is 22.7 Å². The van der Waals surface area contributed by atoms with Crippen LogP contribution >= 0.6 is 0 Å². The summed E-state index contributed by atoms with van der Waals surface area (Å²) in [5.74, 6) is -0.976. The van der Waals surface area contributed by atoms with Gasteiger partial charge < -0.3 is 20.1 Å². The second kappa shape index (κ2) is 8.47. The predicted molar refractivity (Wildman–Crippen MR) is 96.9 cm³/mol. The minimum absolute atomic E-state index is 0.00752. The number of ether oxygens (including phenoxy) is 2. The molecule has 1 aromatic heterocycles. The second-order valence-corrected chi connectivity index (χ2v) is 6.84. The molecule has 0 aliphatic rings. The van der Waals surface area contributed by atoms with Gasteiger partial charge in [-0.25, -0.2) is 9.59 Å². The number of hydrogen-bond donors (Lipinski definition) is 3. The van der Waals surface area contributed by atoms with Crippen molar-refractivity contribution in [3.8, 4) is 0 Å². The first-order chi connectivity index (χ1) is 12.7. The molecule has 0 spiro atoms. The van der Waals surface area contributed by atoms with Gasteiger partial charge in [0.15, 0.2) is 0 Å². The molecule has 0 fully saturated rings. The first-order valence-corrected chi connectivity index (χ1v) is 8.35. The Bertz CT molecular complexity index is 826. The average molecular weight is 377 g/mol. The fraction of sp³-hybridized carbons (Fsp3) is 0.471. The number of carbonyl (C=O) groups excluding carboxylic acids is 3. The normalized spacial score (nSPS) is 12.3. The molecule has 2 amide bonds. The molecule has 0 aliphatic carbocycles. The van der Waals surface area contributed by atoms with Crippen molar-refractivity contribution < 1.29 is 23.9 Å². The van der Waals surface area contributed by atoms with Gasteiger partial charge in [-0.3, -0.25) is 4.79 Å². The van der Waals surface area contributed by atoms with E-state index in [0.29, 0.717) is 16.7 Å². The van der Waals surface area contributed by atoms with E-state index in [1.807, 2.05) is 0 Å². The number of aromatic nitrogens is 3. The SMILES string of the molecule is COC(=O)[C@H](CCC(=O)Nc1ccc2n[nH]nc2c1)NC(=O)OC(C)(C)C. The summed E-state index contributed by atoms with van der Waals surface area (Å²) in [6.07, 6.45) is -0.703. The van der Waals surface area contributed by atoms with Gasteiger partial charge in [-0.15, -0.1) is 0 Å². The number of hydrogen-bond acceptors (Lipinski definition) is 7. The third-order valence-electron chi connectivity index (χ3n) is 3.44. The van der Waals surface area contributed by atoms with E-state index in [1.54, 1.807) is 39.0 Å². The summed E-state index contributed by atoms with van der Waals surface area (Å²) in [7, 11) is 1.21. The average Bonchev–Trinajstić information content (AvgIpc) is 3.04. The smallest absolute Gasteiger partial charge is 0.408 e. The number of amides is 2. The Morgan fingerprint density at radius 1 is 1.19 bits per heavy atom. The highest BCUT2D eigenvalue weighted by molar-refractivity contribution is 5.93. The lowest BCUT2D eigenvalue weighted by atomic mass is 10.1. The molecule has 0 unspecified atom stereocenters. The molecule has 10 heteroatoms. The minimum atomic E-state index is -0.992. The molecule has 3 N–H and O–H groups in total. The monoisotopic (exact) mass is 377 g/mol. The number of nitrogens with one attached hydrogen (secondary N) is 3. The van der Waals surface area contributed by atoms with E-state index in [1.165, 1.54) is 7.11 Å². The summed E-state index contributed by atoms with van der Waals surface area (Å²) in [5, 5.41) is 15.5. The van der Waals surface area contributed by atoms with E-state index in [4.69, 9.17) is 4.74 Å². The quantitative estimate of drug-likeness (QED) is 0.652. The van der Waals surface area contributed by atoms with Gasteiger partial charge in [-0.1, -0.05) is 0 Å². The van der Waals surface area contributed by atoms with E-state index in [0.717, 1.165) is 0 Å². The van der Waals surface area contributed by atoms with Gasteiger partial charge >= 0.3 is 12.1 Å². The molecule has 10 nitrogen and oxygen atoms in total. The van der Waals surface area contributed by atoms with Crippen LogP contribution in [0, 0.1) is 0 Å². The number of esters is 1. The van der Waals surface area contributed by atoms with Crippen molar-refractivity contribution in [3.63, 3.8) is 0 Å². The van der Waals surface area contributed by atoms with Crippen LogP contribution in [-0.4, -0.2) is 52.1 Å². The summed E-state index contributed by atoms with van der Waals surface area (Å²) >= 11 is 0. The Hall–Kier alpha value is -3.17. The maximum atomic E-state index is 12.2. The van der Waals surface area contributed by atoms with Crippen LogP contribution in [-0.2, 0) is 19.1 Å². The summed E-state index contributed by atoms with van der Waals surface area (Å²) in [5.41, 5.74) is 1.14. The van der Waals surface area contributed by atoms with E-state index in [9.17, 15) is 14.4 Å². The van der Waals surface area contributed by atoms with Crippen LogP contribution in [0.3, 0.4) is 0 Å². The number of anilines is 1. The number of H-pyrrole nitrogens is 1. The Balaban J connectivity index is 1.91. The van der Waals surface area contributed by atoms with Gasteiger partial charge in [0.2, 0.25) is 5.91 Å². The maximum absolute atomic E-state index is 12.2. The van der Waals surface area contributed by atoms with Crippen molar-refractivity contribution in [1.29, 1.82) is 0 Å². The topological polar surface area (TPSA) is 135 Å². The largest absolute Gasteiger partial charge is 0.467 e. The second-order valence-electron chi connectivity index (χ2n) is 6.84. The van der Waals surface area contributed by atoms with Crippen molar-refractivity contribution in [2.24, 2.45) is 0 Å². The zero-order valence-electron chi connectivity index (χ0n) is 15.7. The Kier molecular flexibility index (Phi) is 6.32. The summed E-state index contributed by atoms with van der Waals surface area (Å²) in [6.45, 7) is 5.12. The summed E-state index contributed by atoms with van der Waals surface area (Å²) in [6, 6.07) is 4.09.